The largest absolute Gasteiger partial charge is 0.348 e. The Balaban J connectivity index is 1.57. The molecule has 3 aromatic rings. The molecule has 1 amide bonds. The molecule has 1 unspecified atom stereocenters. The van der Waals surface area contributed by atoms with E-state index in [1.807, 2.05) is 25.1 Å². The molecule has 4 nitrogen and oxygen atoms in total. The van der Waals surface area contributed by atoms with Crippen LogP contribution < -0.4 is 5.32 Å². The van der Waals surface area contributed by atoms with Crippen LogP contribution in [0.1, 0.15) is 28.4 Å². The first kappa shape index (κ1) is 17.6. The normalized spacial score (nSPS) is 16.7. The number of hydrogen-bond donors (Lipinski definition) is 1. The van der Waals surface area contributed by atoms with Crippen molar-refractivity contribution >= 4 is 11.6 Å². The van der Waals surface area contributed by atoms with Crippen LogP contribution in [0, 0.1) is 13.8 Å². The lowest BCUT2D eigenvalue weighted by atomic mass is 10.00. The molecule has 1 atom stereocenters. The van der Waals surface area contributed by atoms with E-state index in [-0.39, 0.29) is 11.9 Å². The third-order valence-electron chi connectivity index (χ3n) is 5.48. The van der Waals surface area contributed by atoms with Crippen LogP contribution in [0.25, 0.3) is 0 Å². The minimum absolute atomic E-state index is 0.0321. The molecule has 0 fully saturated rings. The fraction of sp³-hybridized carbons (Fsp3) is 0.261. The highest BCUT2D eigenvalue weighted by atomic mass is 16.2. The van der Waals surface area contributed by atoms with Crippen molar-refractivity contribution in [3.8, 4) is 0 Å². The number of hydrogen-bond acceptors (Lipinski definition) is 2. The van der Waals surface area contributed by atoms with Crippen molar-refractivity contribution in [2.45, 2.75) is 26.4 Å². The zero-order valence-electron chi connectivity index (χ0n) is 15.9. The van der Waals surface area contributed by atoms with Gasteiger partial charge < -0.3 is 9.88 Å². The maximum absolute atomic E-state index is 12.8. The first-order chi connectivity index (χ1) is 13.1. The predicted octanol–water partition coefficient (Wildman–Crippen LogP) is 4.15. The Morgan fingerprint density at radius 1 is 1.00 bits per heavy atom. The molecule has 4 rings (SSSR count). The Morgan fingerprint density at radius 2 is 1.81 bits per heavy atom. The SMILES string of the molecule is Cc1cccc(NC(=O)CN2CCn3cccc3C2c2ccccc2)c1C. The van der Waals surface area contributed by atoms with Crippen LogP contribution in [0.2, 0.25) is 0 Å². The third kappa shape index (κ3) is 3.53. The smallest absolute Gasteiger partial charge is 0.238 e. The number of carbonyl (C=O) groups excluding carboxylic acids is 1. The molecule has 0 spiro atoms. The highest BCUT2D eigenvalue weighted by molar-refractivity contribution is 5.93. The molecule has 0 saturated heterocycles. The van der Waals surface area contributed by atoms with Crippen LogP contribution in [0.3, 0.4) is 0 Å². The number of nitrogens with one attached hydrogen (secondary N) is 1. The molecule has 0 saturated carbocycles. The molecular weight excluding hydrogens is 334 g/mol. The second-order valence-electron chi connectivity index (χ2n) is 7.21. The van der Waals surface area contributed by atoms with Crippen molar-refractivity contribution in [2.24, 2.45) is 0 Å². The van der Waals surface area contributed by atoms with Crippen molar-refractivity contribution in [1.82, 2.24) is 9.47 Å². The summed E-state index contributed by atoms with van der Waals surface area (Å²) in [7, 11) is 0. The molecule has 2 aromatic carbocycles. The summed E-state index contributed by atoms with van der Waals surface area (Å²) in [6, 6.07) is 20.8. The minimum Gasteiger partial charge on any atom is -0.348 e. The van der Waals surface area contributed by atoms with Gasteiger partial charge in [0.2, 0.25) is 5.91 Å². The van der Waals surface area contributed by atoms with E-state index < -0.39 is 0 Å². The number of amides is 1. The van der Waals surface area contributed by atoms with E-state index in [1.165, 1.54) is 16.8 Å². The number of benzene rings is 2. The van der Waals surface area contributed by atoms with Crippen molar-refractivity contribution in [1.29, 1.82) is 0 Å². The molecule has 0 bridgehead atoms. The second kappa shape index (κ2) is 7.41. The van der Waals surface area contributed by atoms with Gasteiger partial charge >= 0.3 is 0 Å². The molecule has 2 heterocycles. The maximum Gasteiger partial charge on any atom is 0.238 e. The number of aryl methyl sites for hydroxylation is 1. The maximum atomic E-state index is 12.8. The molecule has 27 heavy (non-hydrogen) atoms. The van der Waals surface area contributed by atoms with Gasteiger partial charge in [-0.1, -0.05) is 42.5 Å². The molecule has 4 heteroatoms. The highest BCUT2D eigenvalue weighted by Gasteiger charge is 2.29. The molecule has 0 aliphatic carbocycles. The van der Waals surface area contributed by atoms with Crippen LogP contribution in [0.4, 0.5) is 5.69 Å². The van der Waals surface area contributed by atoms with Gasteiger partial charge in [-0.05, 0) is 48.7 Å². The van der Waals surface area contributed by atoms with Gasteiger partial charge in [-0.3, -0.25) is 9.69 Å². The van der Waals surface area contributed by atoms with Gasteiger partial charge in [0.25, 0.3) is 0 Å². The van der Waals surface area contributed by atoms with E-state index in [4.69, 9.17) is 0 Å². The fourth-order valence-corrected chi connectivity index (χ4v) is 3.88. The molecule has 1 aliphatic heterocycles. The molecule has 0 radical (unpaired) electrons. The van der Waals surface area contributed by atoms with Crippen LogP contribution in [0.15, 0.2) is 66.9 Å². The van der Waals surface area contributed by atoms with Gasteiger partial charge in [-0.25, -0.2) is 0 Å². The summed E-state index contributed by atoms with van der Waals surface area (Å²) in [5, 5.41) is 3.10. The van der Waals surface area contributed by atoms with E-state index in [0.717, 1.165) is 24.3 Å². The third-order valence-corrected chi connectivity index (χ3v) is 5.48. The van der Waals surface area contributed by atoms with Crippen LogP contribution in [-0.4, -0.2) is 28.5 Å². The summed E-state index contributed by atoms with van der Waals surface area (Å²) in [5.41, 5.74) is 5.67. The van der Waals surface area contributed by atoms with Crippen LogP contribution >= 0.6 is 0 Å². The number of aromatic nitrogens is 1. The summed E-state index contributed by atoms with van der Waals surface area (Å²) < 4.78 is 2.29. The van der Waals surface area contributed by atoms with Gasteiger partial charge in [0.05, 0.1) is 12.6 Å². The Labute approximate surface area is 160 Å². The fourth-order valence-electron chi connectivity index (χ4n) is 3.88. The molecule has 138 valence electrons. The van der Waals surface area contributed by atoms with Crippen molar-refractivity contribution < 1.29 is 4.79 Å². The van der Waals surface area contributed by atoms with E-state index >= 15 is 0 Å². The van der Waals surface area contributed by atoms with Crippen molar-refractivity contribution in [2.75, 3.05) is 18.4 Å². The number of nitrogens with zero attached hydrogens (tertiary/aromatic N) is 2. The van der Waals surface area contributed by atoms with E-state index in [9.17, 15) is 4.79 Å². The summed E-state index contributed by atoms with van der Waals surface area (Å²) in [6.45, 7) is 6.24. The highest BCUT2D eigenvalue weighted by Crippen LogP contribution is 2.32. The number of carbonyl (C=O) groups is 1. The number of anilines is 1. The molecular formula is C23H25N3O. The quantitative estimate of drug-likeness (QED) is 0.760. The lowest BCUT2D eigenvalue weighted by molar-refractivity contribution is -0.117. The second-order valence-corrected chi connectivity index (χ2v) is 7.21. The molecule has 1 aliphatic rings. The van der Waals surface area contributed by atoms with Gasteiger partial charge in [0.1, 0.15) is 0 Å². The lowest BCUT2D eigenvalue weighted by Crippen LogP contribution is -2.42. The average Bonchev–Trinajstić information content (AvgIpc) is 3.15. The average molecular weight is 359 g/mol. The summed E-state index contributed by atoms with van der Waals surface area (Å²) >= 11 is 0. The van der Waals surface area contributed by atoms with E-state index in [2.05, 4.69) is 70.4 Å². The van der Waals surface area contributed by atoms with Crippen LogP contribution in [-0.2, 0) is 11.3 Å². The topological polar surface area (TPSA) is 37.3 Å². The Kier molecular flexibility index (Phi) is 4.82. The first-order valence-electron chi connectivity index (χ1n) is 9.43. The molecule has 1 aromatic heterocycles. The summed E-state index contributed by atoms with van der Waals surface area (Å²) in [5.74, 6) is 0.0321. The van der Waals surface area contributed by atoms with Gasteiger partial charge in [0.15, 0.2) is 0 Å². The van der Waals surface area contributed by atoms with E-state index in [0.29, 0.717) is 6.54 Å². The Hall–Kier alpha value is -2.85. The van der Waals surface area contributed by atoms with E-state index in [1.54, 1.807) is 0 Å². The van der Waals surface area contributed by atoms with Gasteiger partial charge in [-0.15, -0.1) is 0 Å². The molecule has 1 N–H and O–H groups in total. The Bertz CT molecular complexity index is 945. The zero-order chi connectivity index (χ0) is 18.8. The van der Waals surface area contributed by atoms with Crippen LogP contribution in [0.5, 0.6) is 0 Å². The minimum atomic E-state index is 0.0321. The number of rotatable bonds is 4. The first-order valence-corrected chi connectivity index (χ1v) is 9.43. The van der Waals surface area contributed by atoms with Crippen molar-refractivity contribution in [3.63, 3.8) is 0 Å². The summed E-state index contributed by atoms with van der Waals surface area (Å²) in [6.07, 6.45) is 2.12. The van der Waals surface area contributed by atoms with Crippen molar-refractivity contribution in [3.05, 3.63) is 89.2 Å². The summed E-state index contributed by atoms with van der Waals surface area (Å²) in [4.78, 5) is 15.1. The lowest BCUT2D eigenvalue weighted by Gasteiger charge is -2.36. The monoisotopic (exact) mass is 359 g/mol. The number of fused-ring (bicyclic) bond motifs is 1. The standard InChI is InChI=1S/C23H25N3O/c1-17-8-6-11-20(18(17)2)24-22(27)16-26-15-14-25-13-7-12-21(25)23(26)19-9-4-3-5-10-19/h3-13,23H,14-16H2,1-2H3,(H,24,27). The zero-order valence-corrected chi connectivity index (χ0v) is 15.9. The predicted molar refractivity (Wildman–Crippen MR) is 109 cm³/mol. The van der Waals surface area contributed by atoms with Gasteiger partial charge in [-0.2, -0.15) is 0 Å². The Morgan fingerprint density at radius 3 is 2.63 bits per heavy atom. The van der Waals surface area contributed by atoms with Gasteiger partial charge in [0, 0.05) is 30.7 Å².